The topological polar surface area (TPSA) is 47.6 Å². The zero-order chi connectivity index (χ0) is 17.2. The fourth-order valence-corrected chi connectivity index (χ4v) is 2.41. The molecular weight excluding hydrogens is 302 g/mol. The van der Waals surface area contributed by atoms with Gasteiger partial charge in [-0.3, -0.25) is 4.79 Å². The number of ether oxygens (including phenoxy) is 2. The van der Waals surface area contributed by atoms with Crippen molar-refractivity contribution in [2.24, 2.45) is 0 Å². The molecule has 0 saturated carbocycles. The Hall–Kier alpha value is -2.33. The minimum absolute atomic E-state index is 0.0133. The lowest BCUT2D eigenvalue weighted by molar-refractivity contribution is -0.120. The molecule has 0 aliphatic carbocycles. The van der Waals surface area contributed by atoms with Crippen LogP contribution >= 0.6 is 0 Å². The Morgan fingerprint density at radius 2 is 1.92 bits per heavy atom. The van der Waals surface area contributed by atoms with Crippen molar-refractivity contribution in [3.8, 4) is 5.75 Å². The Kier molecular flexibility index (Phi) is 7.30. The summed E-state index contributed by atoms with van der Waals surface area (Å²) in [5.74, 6) is 0.781. The van der Waals surface area contributed by atoms with Crippen LogP contribution in [0, 0.1) is 0 Å². The van der Waals surface area contributed by atoms with Gasteiger partial charge in [0.15, 0.2) is 0 Å². The van der Waals surface area contributed by atoms with E-state index in [0.717, 1.165) is 17.7 Å². The van der Waals surface area contributed by atoms with Gasteiger partial charge in [-0.15, -0.1) is 0 Å². The zero-order valence-electron chi connectivity index (χ0n) is 14.3. The van der Waals surface area contributed by atoms with Gasteiger partial charge >= 0.3 is 0 Å². The number of rotatable bonds is 9. The van der Waals surface area contributed by atoms with Crippen molar-refractivity contribution in [3.63, 3.8) is 0 Å². The molecule has 0 unspecified atom stereocenters. The molecule has 0 radical (unpaired) electrons. The number of nitrogens with one attached hydrogen (secondary N) is 1. The lowest BCUT2D eigenvalue weighted by Crippen LogP contribution is -2.26. The van der Waals surface area contributed by atoms with Gasteiger partial charge in [0.25, 0.3) is 0 Å². The number of carbonyl (C=O) groups is 1. The van der Waals surface area contributed by atoms with Crippen molar-refractivity contribution < 1.29 is 14.3 Å². The van der Waals surface area contributed by atoms with Gasteiger partial charge < -0.3 is 14.8 Å². The van der Waals surface area contributed by atoms with Crippen LogP contribution in [0.15, 0.2) is 54.6 Å². The van der Waals surface area contributed by atoms with Gasteiger partial charge in [0.2, 0.25) is 5.91 Å². The summed E-state index contributed by atoms with van der Waals surface area (Å²) in [7, 11) is 1.62. The second-order valence-electron chi connectivity index (χ2n) is 5.66. The molecule has 4 nitrogen and oxygen atoms in total. The lowest BCUT2D eigenvalue weighted by atomic mass is 10.1. The van der Waals surface area contributed by atoms with E-state index in [9.17, 15) is 4.79 Å². The van der Waals surface area contributed by atoms with E-state index in [4.69, 9.17) is 9.47 Å². The van der Waals surface area contributed by atoms with Gasteiger partial charge in [-0.05, 0) is 36.6 Å². The fourth-order valence-electron chi connectivity index (χ4n) is 2.41. The molecule has 0 aliphatic rings. The first kappa shape index (κ1) is 18.0. The first-order valence-electron chi connectivity index (χ1n) is 8.25. The molecule has 2 rings (SSSR count). The smallest absolute Gasteiger partial charge is 0.224 e. The Morgan fingerprint density at radius 1 is 1.12 bits per heavy atom. The van der Waals surface area contributed by atoms with Crippen LogP contribution in [-0.2, 0) is 16.0 Å². The van der Waals surface area contributed by atoms with Crippen LogP contribution in [0.5, 0.6) is 5.75 Å². The quantitative estimate of drug-likeness (QED) is 0.717. The molecule has 24 heavy (non-hydrogen) atoms. The van der Waals surface area contributed by atoms with Crippen molar-refractivity contribution in [2.45, 2.75) is 25.9 Å². The number of benzene rings is 2. The Bertz CT molecular complexity index is 628. The molecular formula is C20H25NO3. The van der Waals surface area contributed by atoms with Crippen LogP contribution in [0.25, 0.3) is 0 Å². The SMILES string of the molecule is COc1cccc(CC(=O)NCCCO[C@@H](C)c2ccccc2)c1. The van der Waals surface area contributed by atoms with E-state index in [-0.39, 0.29) is 12.0 Å². The van der Waals surface area contributed by atoms with Gasteiger partial charge in [-0.25, -0.2) is 0 Å². The van der Waals surface area contributed by atoms with E-state index in [2.05, 4.69) is 17.4 Å². The summed E-state index contributed by atoms with van der Waals surface area (Å²) < 4.78 is 11.0. The number of hydrogen-bond acceptors (Lipinski definition) is 3. The van der Waals surface area contributed by atoms with Crippen molar-refractivity contribution in [3.05, 3.63) is 65.7 Å². The summed E-state index contributed by atoms with van der Waals surface area (Å²) in [5, 5.41) is 2.92. The molecule has 0 bridgehead atoms. The Balaban J connectivity index is 1.62. The Morgan fingerprint density at radius 3 is 2.67 bits per heavy atom. The van der Waals surface area contributed by atoms with Crippen molar-refractivity contribution >= 4 is 5.91 Å². The van der Waals surface area contributed by atoms with E-state index in [1.54, 1.807) is 7.11 Å². The molecule has 0 heterocycles. The average Bonchev–Trinajstić information content (AvgIpc) is 2.62. The van der Waals surface area contributed by atoms with E-state index in [1.807, 2.05) is 49.4 Å². The van der Waals surface area contributed by atoms with Gasteiger partial charge in [0, 0.05) is 13.2 Å². The van der Waals surface area contributed by atoms with Crippen molar-refractivity contribution in [1.29, 1.82) is 0 Å². The highest BCUT2D eigenvalue weighted by atomic mass is 16.5. The maximum absolute atomic E-state index is 11.9. The van der Waals surface area contributed by atoms with E-state index >= 15 is 0 Å². The number of amides is 1. The predicted octanol–water partition coefficient (Wildman–Crippen LogP) is 3.52. The minimum atomic E-state index is 0.0133. The van der Waals surface area contributed by atoms with E-state index in [0.29, 0.717) is 19.6 Å². The average molecular weight is 327 g/mol. The molecule has 128 valence electrons. The van der Waals surface area contributed by atoms with Crippen molar-refractivity contribution in [1.82, 2.24) is 5.32 Å². The first-order valence-corrected chi connectivity index (χ1v) is 8.25. The van der Waals surface area contributed by atoms with Gasteiger partial charge in [-0.2, -0.15) is 0 Å². The lowest BCUT2D eigenvalue weighted by Gasteiger charge is -2.13. The molecule has 0 aromatic heterocycles. The molecule has 1 amide bonds. The monoisotopic (exact) mass is 327 g/mol. The van der Waals surface area contributed by atoms with Crippen LogP contribution in [0.2, 0.25) is 0 Å². The first-order chi connectivity index (χ1) is 11.7. The summed E-state index contributed by atoms with van der Waals surface area (Å²) in [5.41, 5.74) is 2.11. The van der Waals surface area contributed by atoms with Crippen LogP contribution < -0.4 is 10.1 Å². The molecule has 1 N–H and O–H groups in total. The van der Waals surface area contributed by atoms with Gasteiger partial charge in [-0.1, -0.05) is 42.5 Å². The van der Waals surface area contributed by atoms with Crippen LogP contribution in [-0.4, -0.2) is 26.2 Å². The predicted molar refractivity (Wildman–Crippen MR) is 95.1 cm³/mol. The standard InChI is InChI=1S/C20H25NO3/c1-16(18-9-4-3-5-10-18)24-13-7-12-21-20(22)15-17-8-6-11-19(14-17)23-2/h3-6,8-11,14,16H,7,12-13,15H2,1-2H3,(H,21,22)/t16-/m0/s1. The molecule has 4 heteroatoms. The van der Waals surface area contributed by atoms with Gasteiger partial charge in [0.1, 0.15) is 5.75 Å². The van der Waals surface area contributed by atoms with Crippen LogP contribution in [0.3, 0.4) is 0 Å². The third-order valence-corrected chi connectivity index (χ3v) is 3.78. The minimum Gasteiger partial charge on any atom is -0.497 e. The second-order valence-corrected chi connectivity index (χ2v) is 5.66. The number of carbonyl (C=O) groups excluding carboxylic acids is 1. The highest BCUT2D eigenvalue weighted by Gasteiger charge is 2.06. The zero-order valence-corrected chi connectivity index (χ0v) is 14.3. The number of hydrogen-bond donors (Lipinski definition) is 1. The maximum Gasteiger partial charge on any atom is 0.224 e. The molecule has 0 fully saturated rings. The summed E-state index contributed by atoms with van der Waals surface area (Å²) in [6.45, 7) is 3.27. The molecule has 0 aliphatic heterocycles. The summed E-state index contributed by atoms with van der Waals surface area (Å²) in [4.78, 5) is 11.9. The molecule has 2 aromatic rings. The largest absolute Gasteiger partial charge is 0.497 e. The highest BCUT2D eigenvalue weighted by Crippen LogP contribution is 2.16. The summed E-state index contributed by atoms with van der Waals surface area (Å²) in [6, 6.07) is 17.7. The van der Waals surface area contributed by atoms with Gasteiger partial charge in [0.05, 0.1) is 19.6 Å². The molecule has 0 spiro atoms. The van der Waals surface area contributed by atoms with Crippen molar-refractivity contribution in [2.75, 3.05) is 20.3 Å². The normalized spacial score (nSPS) is 11.8. The number of methoxy groups -OCH3 is 1. The maximum atomic E-state index is 11.9. The van der Waals surface area contributed by atoms with Crippen LogP contribution in [0.1, 0.15) is 30.6 Å². The summed E-state index contributed by atoms with van der Waals surface area (Å²) >= 11 is 0. The third kappa shape index (κ3) is 6.05. The second kappa shape index (κ2) is 9.73. The molecule has 2 aromatic carbocycles. The fraction of sp³-hybridized carbons (Fsp3) is 0.350. The summed E-state index contributed by atoms with van der Waals surface area (Å²) in [6.07, 6.45) is 1.22. The van der Waals surface area contributed by atoms with E-state index in [1.165, 1.54) is 5.56 Å². The third-order valence-electron chi connectivity index (χ3n) is 3.78. The molecule has 0 saturated heterocycles. The van der Waals surface area contributed by atoms with E-state index < -0.39 is 0 Å². The molecule has 1 atom stereocenters. The van der Waals surface area contributed by atoms with Crippen LogP contribution in [0.4, 0.5) is 0 Å². The highest BCUT2D eigenvalue weighted by molar-refractivity contribution is 5.78. The Labute approximate surface area is 143 Å².